The van der Waals surface area contributed by atoms with Crippen LogP contribution < -0.4 is 0 Å². The van der Waals surface area contributed by atoms with Crippen LogP contribution in [0.15, 0.2) is 18.3 Å². The molecule has 0 bridgehead atoms. The van der Waals surface area contributed by atoms with Crippen molar-refractivity contribution in [3.63, 3.8) is 0 Å². The summed E-state index contributed by atoms with van der Waals surface area (Å²) in [5, 5.41) is 16.9. The van der Waals surface area contributed by atoms with Crippen molar-refractivity contribution < 1.29 is 15.0 Å². The van der Waals surface area contributed by atoms with Crippen LogP contribution in [-0.4, -0.2) is 27.8 Å². The molecule has 4 nitrogen and oxygen atoms in total. The zero-order valence-electron chi connectivity index (χ0n) is 6.69. The molecule has 0 aliphatic heterocycles. The number of carboxylic acids is 1. The number of hydrogen-bond acceptors (Lipinski definition) is 3. The fraction of sp³-hybridized carbons (Fsp3) is 0.111. The molecular formula is C9H7NO3. The maximum atomic E-state index is 10.4. The first-order valence-electron chi connectivity index (χ1n) is 3.53. The topological polar surface area (TPSA) is 70.4 Å². The third kappa shape index (κ3) is 2.58. The van der Waals surface area contributed by atoms with Crippen LogP contribution in [0.5, 0.6) is 0 Å². The highest BCUT2D eigenvalue weighted by Gasteiger charge is 2.00. The molecule has 1 rings (SSSR count). The van der Waals surface area contributed by atoms with Gasteiger partial charge in [0.05, 0.1) is 5.56 Å². The molecule has 4 heteroatoms. The van der Waals surface area contributed by atoms with Crippen molar-refractivity contribution in [2.24, 2.45) is 0 Å². The van der Waals surface area contributed by atoms with Crippen molar-refractivity contribution >= 4 is 5.97 Å². The second-order valence-corrected chi connectivity index (χ2v) is 2.20. The van der Waals surface area contributed by atoms with Gasteiger partial charge >= 0.3 is 5.97 Å². The lowest BCUT2D eigenvalue weighted by Gasteiger charge is -1.92. The molecule has 0 radical (unpaired) electrons. The summed E-state index contributed by atoms with van der Waals surface area (Å²) in [6.07, 6.45) is 1.23. The predicted molar refractivity (Wildman–Crippen MR) is 45.2 cm³/mol. The van der Waals surface area contributed by atoms with Crippen LogP contribution in [0.25, 0.3) is 0 Å². The Morgan fingerprint density at radius 2 is 2.31 bits per heavy atom. The predicted octanol–water partition coefficient (Wildman–Crippen LogP) is 0.124. The van der Waals surface area contributed by atoms with Gasteiger partial charge in [0.2, 0.25) is 0 Å². The van der Waals surface area contributed by atoms with Crippen LogP contribution in [-0.2, 0) is 0 Å². The zero-order valence-corrected chi connectivity index (χ0v) is 6.69. The van der Waals surface area contributed by atoms with E-state index in [0.717, 1.165) is 0 Å². The number of pyridine rings is 1. The lowest BCUT2D eigenvalue weighted by molar-refractivity contribution is 0.0696. The van der Waals surface area contributed by atoms with Gasteiger partial charge in [-0.05, 0) is 18.1 Å². The van der Waals surface area contributed by atoms with E-state index in [9.17, 15) is 4.79 Å². The summed E-state index contributed by atoms with van der Waals surface area (Å²) in [6.45, 7) is -0.234. The first-order valence-corrected chi connectivity index (χ1v) is 3.53. The number of aliphatic hydroxyl groups is 1. The van der Waals surface area contributed by atoms with Crippen molar-refractivity contribution in [1.82, 2.24) is 4.98 Å². The van der Waals surface area contributed by atoms with Crippen LogP contribution >= 0.6 is 0 Å². The van der Waals surface area contributed by atoms with Gasteiger partial charge in [-0.3, -0.25) is 0 Å². The second-order valence-electron chi connectivity index (χ2n) is 2.20. The van der Waals surface area contributed by atoms with Gasteiger partial charge in [0.1, 0.15) is 12.3 Å². The van der Waals surface area contributed by atoms with Gasteiger partial charge in [0, 0.05) is 6.20 Å². The third-order valence-electron chi connectivity index (χ3n) is 1.31. The first kappa shape index (κ1) is 9.23. The van der Waals surface area contributed by atoms with Gasteiger partial charge in [-0.25, -0.2) is 9.78 Å². The summed E-state index contributed by atoms with van der Waals surface area (Å²) in [6, 6.07) is 2.91. The van der Waals surface area contributed by atoms with E-state index < -0.39 is 5.97 Å². The highest BCUT2D eigenvalue weighted by molar-refractivity contribution is 5.87. The quantitative estimate of drug-likeness (QED) is 0.598. The van der Waals surface area contributed by atoms with E-state index in [-0.39, 0.29) is 12.2 Å². The Morgan fingerprint density at radius 3 is 2.77 bits per heavy atom. The third-order valence-corrected chi connectivity index (χ3v) is 1.31. The van der Waals surface area contributed by atoms with Crippen molar-refractivity contribution in [1.29, 1.82) is 0 Å². The summed E-state index contributed by atoms with van der Waals surface area (Å²) in [4.78, 5) is 14.2. The molecule has 2 N–H and O–H groups in total. The van der Waals surface area contributed by atoms with Gasteiger partial charge in [-0.15, -0.1) is 0 Å². The van der Waals surface area contributed by atoms with Gasteiger partial charge in [0.25, 0.3) is 0 Å². The van der Waals surface area contributed by atoms with E-state index in [4.69, 9.17) is 10.2 Å². The van der Waals surface area contributed by atoms with E-state index in [1.807, 2.05) is 0 Å². The van der Waals surface area contributed by atoms with E-state index >= 15 is 0 Å². The second kappa shape index (κ2) is 4.24. The fourth-order valence-electron chi connectivity index (χ4n) is 0.724. The molecule has 0 unspecified atom stereocenters. The van der Waals surface area contributed by atoms with Crippen LogP contribution in [0.2, 0.25) is 0 Å². The Hall–Kier alpha value is -1.86. The smallest absolute Gasteiger partial charge is 0.337 e. The summed E-state index contributed by atoms with van der Waals surface area (Å²) in [5.74, 6) is 3.95. The Kier molecular flexibility index (Phi) is 3.01. The Morgan fingerprint density at radius 1 is 1.54 bits per heavy atom. The van der Waals surface area contributed by atoms with E-state index in [2.05, 4.69) is 16.8 Å². The number of carboxylic acid groups (broad SMARTS) is 1. The maximum absolute atomic E-state index is 10.4. The molecule has 0 amide bonds. The number of hydrogen-bond donors (Lipinski definition) is 2. The number of carbonyl (C=O) groups is 1. The van der Waals surface area contributed by atoms with Gasteiger partial charge in [-0.1, -0.05) is 5.92 Å². The standard InChI is InChI=1S/C9H7NO3/c11-5-1-2-8-4-3-7(6-10-8)9(12)13/h3-4,6,11H,5H2,(H,12,13). The number of nitrogens with zero attached hydrogens (tertiary/aromatic N) is 1. The summed E-state index contributed by atoms with van der Waals surface area (Å²) >= 11 is 0. The number of rotatable bonds is 1. The van der Waals surface area contributed by atoms with Crippen molar-refractivity contribution in [2.45, 2.75) is 0 Å². The van der Waals surface area contributed by atoms with E-state index in [0.29, 0.717) is 5.69 Å². The minimum atomic E-state index is -1.02. The zero-order chi connectivity index (χ0) is 9.68. The van der Waals surface area contributed by atoms with E-state index in [1.54, 1.807) is 0 Å². The van der Waals surface area contributed by atoms with Gasteiger partial charge < -0.3 is 10.2 Å². The molecule has 66 valence electrons. The first-order chi connectivity index (χ1) is 6.24. The van der Waals surface area contributed by atoms with E-state index in [1.165, 1.54) is 18.3 Å². The Labute approximate surface area is 74.9 Å². The summed E-state index contributed by atoms with van der Waals surface area (Å²) in [7, 11) is 0. The minimum Gasteiger partial charge on any atom is -0.478 e. The molecule has 0 saturated heterocycles. The lowest BCUT2D eigenvalue weighted by Crippen LogP contribution is -1.97. The molecule has 0 fully saturated rings. The average molecular weight is 177 g/mol. The molecular weight excluding hydrogens is 170 g/mol. The monoisotopic (exact) mass is 177 g/mol. The summed E-state index contributed by atoms with van der Waals surface area (Å²) < 4.78 is 0. The molecule has 0 atom stereocenters. The SMILES string of the molecule is O=C(O)c1ccc(C#CCO)nc1. The van der Waals surface area contributed by atoms with Crippen molar-refractivity contribution in [2.75, 3.05) is 6.61 Å². The molecule has 0 aromatic carbocycles. The highest BCUT2D eigenvalue weighted by Crippen LogP contribution is 1.98. The molecule has 1 aromatic heterocycles. The van der Waals surface area contributed by atoms with Crippen LogP contribution in [0.1, 0.15) is 16.1 Å². The van der Waals surface area contributed by atoms with Crippen LogP contribution in [0, 0.1) is 11.8 Å². The molecule has 0 spiro atoms. The molecule has 0 saturated carbocycles. The van der Waals surface area contributed by atoms with Gasteiger partial charge in [-0.2, -0.15) is 0 Å². The van der Waals surface area contributed by atoms with Crippen LogP contribution in [0.4, 0.5) is 0 Å². The van der Waals surface area contributed by atoms with Crippen molar-refractivity contribution in [3.05, 3.63) is 29.6 Å². The van der Waals surface area contributed by atoms with Crippen LogP contribution in [0.3, 0.4) is 0 Å². The average Bonchev–Trinajstić information content (AvgIpc) is 2.15. The maximum Gasteiger partial charge on any atom is 0.337 e. The van der Waals surface area contributed by atoms with Crippen molar-refractivity contribution in [3.8, 4) is 11.8 Å². The number of aromatic nitrogens is 1. The number of aromatic carboxylic acids is 1. The van der Waals surface area contributed by atoms with Gasteiger partial charge in [0.15, 0.2) is 0 Å². The molecule has 13 heavy (non-hydrogen) atoms. The minimum absolute atomic E-state index is 0.120. The fourth-order valence-corrected chi connectivity index (χ4v) is 0.724. The molecule has 1 aromatic rings. The Bertz CT molecular complexity index is 359. The largest absolute Gasteiger partial charge is 0.478 e. The molecule has 1 heterocycles. The normalized spacial score (nSPS) is 8.69. The summed E-state index contributed by atoms with van der Waals surface area (Å²) in [5.41, 5.74) is 0.564. The highest BCUT2D eigenvalue weighted by atomic mass is 16.4. The molecule has 0 aliphatic carbocycles. The lowest BCUT2D eigenvalue weighted by atomic mass is 10.2. The number of aliphatic hydroxyl groups excluding tert-OH is 1. The Balaban J connectivity index is 2.87. The molecule has 0 aliphatic rings.